The van der Waals surface area contributed by atoms with E-state index in [9.17, 15) is 30.7 Å². The van der Waals surface area contributed by atoms with Crippen LogP contribution >= 0.6 is 11.8 Å². The van der Waals surface area contributed by atoms with Gasteiger partial charge in [0.2, 0.25) is 0 Å². The molecule has 0 aliphatic rings. The smallest absolute Gasteiger partial charge is 0.224 e. The number of hydrogen-bond acceptors (Lipinski definition) is 3. The first kappa shape index (κ1) is 18.4. The van der Waals surface area contributed by atoms with Crippen LogP contribution in [0.2, 0.25) is 0 Å². The Morgan fingerprint density at radius 3 is 2.00 bits per heavy atom. The fourth-order valence-electron chi connectivity index (χ4n) is 2.15. The van der Waals surface area contributed by atoms with E-state index in [4.69, 9.17) is 0 Å². The second-order valence-electron chi connectivity index (χ2n) is 5.13. The Balaban J connectivity index is 2.11. The van der Waals surface area contributed by atoms with E-state index < -0.39 is 40.5 Å². The van der Waals surface area contributed by atoms with Gasteiger partial charge in [-0.25, -0.2) is 14.4 Å². The number of rotatable bonds is 2. The third-order valence-corrected chi connectivity index (χ3v) is 4.22. The second kappa shape index (κ2) is 6.42. The SMILES string of the molecule is Fc1ccc(Sc2ccc3c(C(F)(F)F)cc(C(F)(F)F)nc3n2)cc1. The summed E-state index contributed by atoms with van der Waals surface area (Å²) in [6.07, 6.45) is -10.0. The molecule has 3 aromatic rings. The summed E-state index contributed by atoms with van der Waals surface area (Å²) in [7, 11) is 0. The molecule has 2 aromatic heterocycles. The van der Waals surface area contributed by atoms with E-state index >= 15 is 0 Å². The van der Waals surface area contributed by atoms with Gasteiger partial charge in [0.1, 0.15) is 16.5 Å². The fourth-order valence-corrected chi connectivity index (χ4v) is 2.93. The van der Waals surface area contributed by atoms with Crippen LogP contribution in [0, 0.1) is 5.82 Å². The molecule has 0 atom stereocenters. The fraction of sp³-hybridized carbons (Fsp3) is 0.125. The first-order valence-electron chi connectivity index (χ1n) is 6.93. The zero-order chi connectivity index (χ0) is 19.1. The normalized spacial score (nSPS) is 12.6. The van der Waals surface area contributed by atoms with Crippen molar-refractivity contribution >= 4 is 22.8 Å². The van der Waals surface area contributed by atoms with Crippen LogP contribution in [0.25, 0.3) is 11.0 Å². The van der Waals surface area contributed by atoms with Crippen molar-refractivity contribution in [2.75, 3.05) is 0 Å². The highest BCUT2D eigenvalue weighted by atomic mass is 32.2. The first-order valence-corrected chi connectivity index (χ1v) is 7.75. The molecule has 10 heteroatoms. The van der Waals surface area contributed by atoms with Crippen molar-refractivity contribution in [1.29, 1.82) is 0 Å². The number of benzene rings is 1. The van der Waals surface area contributed by atoms with Crippen LogP contribution in [0.5, 0.6) is 0 Å². The van der Waals surface area contributed by atoms with E-state index in [1.54, 1.807) is 0 Å². The molecule has 0 aliphatic carbocycles. The van der Waals surface area contributed by atoms with Crippen molar-refractivity contribution in [2.24, 2.45) is 0 Å². The lowest BCUT2D eigenvalue weighted by Gasteiger charge is -2.14. The lowest BCUT2D eigenvalue weighted by atomic mass is 10.1. The van der Waals surface area contributed by atoms with Crippen molar-refractivity contribution in [3.63, 3.8) is 0 Å². The molecule has 0 saturated heterocycles. The number of nitrogens with zero attached hydrogens (tertiary/aromatic N) is 2. The van der Waals surface area contributed by atoms with Crippen molar-refractivity contribution in [2.45, 2.75) is 22.3 Å². The average Bonchev–Trinajstić information content (AvgIpc) is 2.54. The summed E-state index contributed by atoms with van der Waals surface area (Å²) in [5.74, 6) is -0.480. The summed E-state index contributed by atoms with van der Waals surface area (Å²) in [5.41, 5.74) is -3.80. The molecule has 0 saturated carbocycles. The molecule has 26 heavy (non-hydrogen) atoms. The summed E-state index contributed by atoms with van der Waals surface area (Å²) in [6.45, 7) is 0. The third kappa shape index (κ3) is 3.90. The molecule has 0 radical (unpaired) electrons. The summed E-state index contributed by atoms with van der Waals surface area (Å²) in [6, 6.07) is 7.39. The standard InChI is InChI=1S/C16H7F7N2S/c17-8-1-3-9(4-2-8)26-13-6-5-10-11(15(18,19)20)7-12(16(21,22)23)24-14(10)25-13/h1-7H. The summed E-state index contributed by atoms with van der Waals surface area (Å²) in [5, 5.41) is -0.405. The molecule has 0 spiro atoms. The summed E-state index contributed by atoms with van der Waals surface area (Å²) < 4.78 is 90.8. The van der Waals surface area contributed by atoms with Gasteiger partial charge >= 0.3 is 12.4 Å². The maximum absolute atomic E-state index is 13.1. The topological polar surface area (TPSA) is 25.8 Å². The van der Waals surface area contributed by atoms with Crippen LogP contribution in [-0.4, -0.2) is 9.97 Å². The number of fused-ring (bicyclic) bond motifs is 1. The Morgan fingerprint density at radius 1 is 0.769 bits per heavy atom. The lowest BCUT2D eigenvalue weighted by Crippen LogP contribution is -2.14. The van der Waals surface area contributed by atoms with Gasteiger partial charge in [-0.2, -0.15) is 26.3 Å². The molecule has 136 valence electrons. The van der Waals surface area contributed by atoms with Crippen molar-refractivity contribution in [3.8, 4) is 0 Å². The van der Waals surface area contributed by atoms with Crippen molar-refractivity contribution in [3.05, 3.63) is 59.5 Å². The number of alkyl halides is 6. The van der Waals surface area contributed by atoms with Crippen LogP contribution in [0.1, 0.15) is 11.3 Å². The molecule has 0 aliphatic heterocycles. The Kier molecular flexibility index (Phi) is 4.55. The van der Waals surface area contributed by atoms with Gasteiger partial charge in [-0.3, -0.25) is 0 Å². The van der Waals surface area contributed by atoms with E-state index in [1.165, 1.54) is 30.3 Å². The Labute approximate surface area is 146 Å². The zero-order valence-corrected chi connectivity index (χ0v) is 13.3. The Morgan fingerprint density at radius 2 is 1.42 bits per heavy atom. The molecule has 0 fully saturated rings. The summed E-state index contributed by atoms with van der Waals surface area (Å²) >= 11 is 0.958. The molecular weight excluding hydrogens is 385 g/mol. The molecular formula is C16H7F7N2S. The quantitative estimate of drug-likeness (QED) is 0.504. The van der Waals surface area contributed by atoms with Gasteiger partial charge in [0, 0.05) is 10.3 Å². The molecule has 2 heterocycles. The molecule has 3 rings (SSSR count). The van der Waals surface area contributed by atoms with Gasteiger partial charge < -0.3 is 0 Å². The van der Waals surface area contributed by atoms with Gasteiger partial charge in [0.25, 0.3) is 0 Å². The molecule has 2 nitrogen and oxygen atoms in total. The maximum atomic E-state index is 13.1. The van der Waals surface area contributed by atoms with E-state index in [1.807, 2.05) is 0 Å². The minimum absolute atomic E-state index is 0.0310. The predicted octanol–water partition coefficient (Wildman–Crippen LogP) is 5.96. The van der Waals surface area contributed by atoms with Crippen LogP contribution < -0.4 is 0 Å². The Bertz CT molecular complexity index is 950. The van der Waals surface area contributed by atoms with E-state index in [-0.39, 0.29) is 11.1 Å². The zero-order valence-electron chi connectivity index (χ0n) is 12.5. The monoisotopic (exact) mass is 392 g/mol. The first-order chi connectivity index (χ1) is 12.0. The number of halogens is 7. The van der Waals surface area contributed by atoms with Crippen LogP contribution in [0.3, 0.4) is 0 Å². The summed E-state index contributed by atoms with van der Waals surface area (Å²) in [4.78, 5) is 7.54. The van der Waals surface area contributed by atoms with E-state index in [0.717, 1.165) is 17.8 Å². The highest BCUT2D eigenvalue weighted by Gasteiger charge is 2.39. The molecule has 1 aromatic carbocycles. The van der Waals surface area contributed by atoms with Gasteiger partial charge in [-0.1, -0.05) is 11.8 Å². The third-order valence-electron chi connectivity index (χ3n) is 3.28. The van der Waals surface area contributed by atoms with Crippen molar-refractivity contribution < 1.29 is 30.7 Å². The molecule has 0 amide bonds. The van der Waals surface area contributed by atoms with E-state index in [2.05, 4.69) is 9.97 Å². The number of aromatic nitrogens is 2. The molecule has 0 N–H and O–H groups in total. The van der Waals surface area contributed by atoms with Crippen LogP contribution in [0.4, 0.5) is 30.7 Å². The average molecular weight is 392 g/mol. The minimum atomic E-state index is -5.05. The number of hydrogen-bond donors (Lipinski definition) is 0. The maximum Gasteiger partial charge on any atom is 0.433 e. The van der Waals surface area contributed by atoms with Crippen LogP contribution in [0.15, 0.2) is 52.4 Å². The minimum Gasteiger partial charge on any atom is -0.224 e. The van der Waals surface area contributed by atoms with Gasteiger partial charge in [-0.15, -0.1) is 0 Å². The Hall–Kier alpha value is -2.36. The predicted molar refractivity (Wildman–Crippen MR) is 80.1 cm³/mol. The van der Waals surface area contributed by atoms with Gasteiger partial charge in [0.05, 0.1) is 5.56 Å². The van der Waals surface area contributed by atoms with Crippen LogP contribution in [-0.2, 0) is 12.4 Å². The molecule has 0 bridgehead atoms. The van der Waals surface area contributed by atoms with Gasteiger partial charge in [0.15, 0.2) is 5.65 Å². The molecule has 0 unspecified atom stereocenters. The highest BCUT2D eigenvalue weighted by molar-refractivity contribution is 7.99. The van der Waals surface area contributed by atoms with Gasteiger partial charge in [-0.05, 0) is 42.5 Å². The highest BCUT2D eigenvalue weighted by Crippen LogP contribution is 2.39. The van der Waals surface area contributed by atoms with Crippen molar-refractivity contribution in [1.82, 2.24) is 9.97 Å². The largest absolute Gasteiger partial charge is 0.433 e. The lowest BCUT2D eigenvalue weighted by molar-refractivity contribution is -0.144. The van der Waals surface area contributed by atoms with E-state index in [0.29, 0.717) is 4.90 Å². The number of pyridine rings is 2. The second-order valence-corrected chi connectivity index (χ2v) is 6.22.